The number of allylic oxidation sites excluding steroid dienone is 1. The third-order valence-corrected chi connectivity index (χ3v) is 2.93. The Morgan fingerprint density at radius 2 is 2.12 bits per heavy atom. The number of anilines is 1. The predicted octanol–water partition coefficient (Wildman–Crippen LogP) is -0.000400. The maximum atomic E-state index is 11.8. The van der Waals surface area contributed by atoms with Crippen LogP contribution < -0.4 is 16.6 Å². The third kappa shape index (κ3) is 2.30. The van der Waals surface area contributed by atoms with Crippen molar-refractivity contribution in [3.05, 3.63) is 33.0 Å². The number of nitrogens with one attached hydrogen (secondary N) is 1. The highest BCUT2D eigenvalue weighted by atomic mass is 16.2. The highest BCUT2D eigenvalue weighted by Crippen LogP contribution is 2.13. The standard InChI is InChI=1S/C11H16N4O2/c1-14-10(16)9(13-15(2)11(14)17)12-8-6-4-3-5-7-8/h3-4,8H,5-7H2,1-2H3,(H,12,13). The van der Waals surface area contributed by atoms with Crippen molar-refractivity contribution in [1.29, 1.82) is 0 Å². The maximum absolute atomic E-state index is 11.8. The van der Waals surface area contributed by atoms with E-state index in [0.717, 1.165) is 23.8 Å². The van der Waals surface area contributed by atoms with Gasteiger partial charge in [-0.3, -0.25) is 9.36 Å². The Labute approximate surface area is 98.6 Å². The minimum Gasteiger partial charge on any atom is -0.361 e. The normalized spacial score (nSPS) is 19.3. The first-order valence-electron chi connectivity index (χ1n) is 5.65. The number of aromatic nitrogens is 3. The lowest BCUT2D eigenvalue weighted by Gasteiger charge is -2.19. The summed E-state index contributed by atoms with van der Waals surface area (Å²) in [5.41, 5.74) is -0.785. The van der Waals surface area contributed by atoms with Gasteiger partial charge in [0.15, 0.2) is 0 Å². The molecule has 1 aliphatic rings. The fraction of sp³-hybridized carbons (Fsp3) is 0.545. The first-order valence-corrected chi connectivity index (χ1v) is 5.65. The number of hydrogen-bond donors (Lipinski definition) is 1. The second-order valence-corrected chi connectivity index (χ2v) is 4.24. The van der Waals surface area contributed by atoms with E-state index in [0.29, 0.717) is 0 Å². The van der Waals surface area contributed by atoms with Crippen LogP contribution in [0.4, 0.5) is 5.82 Å². The van der Waals surface area contributed by atoms with Gasteiger partial charge in [-0.15, -0.1) is 5.10 Å². The van der Waals surface area contributed by atoms with Crippen LogP contribution in [0.2, 0.25) is 0 Å². The minimum atomic E-state index is -0.413. The molecule has 0 amide bonds. The van der Waals surface area contributed by atoms with E-state index >= 15 is 0 Å². The Hall–Kier alpha value is -1.85. The molecule has 92 valence electrons. The van der Waals surface area contributed by atoms with Crippen molar-refractivity contribution in [2.75, 3.05) is 5.32 Å². The van der Waals surface area contributed by atoms with Crippen molar-refractivity contribution in [2.24, 2.45) is 14.1 Å². The topological polar surface area (TPSA) is 68.9 Å². The molecule has 0 fully saturated rings. The highest BCUT2D eigenvalue weighted by molar-refractivity contribution is 5.31. The average molecular weight is 236 g/mol. The van der Waals surface area contributed by atoms with Crippen molar-refractivity contribution in [2.45, 2.75) is 25.3 Å². The van der Waals surface area contributed by atoms with E-state index in [1.165, 1.54) is 18.8 Å². The monoisotopic (exact) mass is 236 g/mol. The van der Waals surface area contributed by atoms with Crippen molar-refractivity contribution in [3.8, 4) is 0 Å². The van der Waals surface area contributed by atoms with E-state index in [1.807, 2.05) is 0 Å². The van der Waals surface area contributed by atoms with E-state index in [9.17, 15) is 9.59 Å². The maximum Gasteiger partial charge on any atom is 0.346 e. The number of nitrogens with zero attached hydrogens (tertiary/aromatic N) is 3. The van der Waals surface area contributed by atoms with Crippen LogP contribution in [0.5, 0.6) is 0 Å². The number of hydrogen-bond acceptors (Lipinski definition) is 4. The molecule has 1 unspecified atom stereocenters. The first-order chi connectivity index (χ1) is 8.09. The molecule has 6 heteroatoms. The van der Waals surface area contributed by atoms with Gasteiger partial charge in [-0.25, -0.2) is 9.48 Å². The Morgan fingerprint density at radius 3 is 2.76 bits per heavy atom. The van der Waals surface area contributed by atoms with Crippen LogP contribution in [0.25, 0.3) is 0 Å². The quantitative estimate of drug-likeness (QED) is 0.734. The number of rotatable bonds is 2. The molecule has 0 radical (unpaired) electrons. The molecule has 0 saturated heterocycles. The summed E-state index contributed by atoms with van der Waals surface area (Å²) in [5, 5.41) is 7.07. The molecule has 1 atom stereocenters. The highest BCUT2D eigenvalue weighted by Gasteiger charge is 2.14. The van der Waals surface area contributed by atoms with E-state index in [1.54, 1.807) is 0 Å². The molecule has 17 heavy (non-hydrogen) atoms. The molecule has 0 aromatic carbocycles. The van der Waals surface area contributed by atoms with Crippen LogP contribution in [0.3, 0.4) is 0 Å². The fourth-order valence-corrected chi connectivity index (χ4v) is 1.91. The Balaban J connectivity index is 2.30. The van der Waals surface area contributed by atoms with Gasteiger partial charge in [0.05, 0.1) is 0 Å². The van der Waals surface area contributed by atoms with Crippen LogP contribution in [0, 0.1) is 0 Å². The predicted molar refractivity (Wildman–Crippen MR) is 65.1 cm³/mol. The SMILES string of the molecule is Cn1nc(NC2CC=CCC2)c(=O)n(C)c1=O. The summed E-state index contributed by atoms with van der Waals surface area (Å²) in [6.45, 7) is 0. The second-order valence-electron chi connectivity index (χ2n) is 4.24. The van der Waals surface area contributed by atoms with Gasteiger partial charge >= 0.3 is 5.69 Å². The van der Waals surface area contributed by atoms with Gasteiger partial charge < -0.3 is 5.32 Å². The van der Waals surface area contributed by atoms with E-state index in [-0.39, 0.29) is 17.4 Å². The van der Waals surface area contributed by atoms with Crippen molar-refractivity contribution >= 4 is 5.82 Å². The first kappa shape index (κ1) is 11.6. The molecule has 1 aromatic rings. The Bertz CT molecular complexity index is 556. The molecule has 6 nitrogen and oxygen atoms in total. The molecule has 1 N–H and O–H groups in total. The van der Waals surface area contributed by atoms with Crippen molar-refractivity contribution in [1.82, 2.24) is 14.3 Å². The van der Waals surface area contributed by atoms with E-state index in [4.69, 9.17) is 0 Å². The summed E-state index contributed by atoms with van der Waals surface area (Å²) in [4.78, 5) is 23.3. The molecule has 0 aliphatic heterocycles. The summed E-state index contributed by atoms with van der Waals surface area (Å²) in [6, 6.07) is 0.220. The lowest BCUT2D eigenvalue weighted by Crippen LogP contribution is -2.41. The van der Waals surface area contributed by atoms with Crippen LogP contribution in [-0.2, 0) is 14.1 Å². The molecule has 0 spiro atoms. The van der Waals surface area contributed by atoms with Gasteiger partial charge in [0, 0.05) is 20.1 Å². The average Bonchev–Trinajstić information content (AvgIpc) is 2.35. The zero-order valence-corrected chi connectivity index (χ0v) is 10.0. The van der Waals surface area contributed by atoms with E-state index in [2.05, 4.69) is 22.6 Å². The van der Waals surface area contributed by atoms with Crippen LogP contribution in [0.1, 0.15) is 19.3 Å². The molecular weight excluding hydrogens is 220 g/mol. The number of aryl methyl sites for hydroxylation is 1. The third-order valence-electron chi connectivity index (χ3n) is 2.93. The van der Waals surface area contributed by atoms with Gasteiger partial charge in [0.25, 0.3) is 5.56 Å². The van der Waals surface area contributed by atoms with Gasteiger partial charge in [0.2, 0.25) is 5.82 Å². The fourth-order valence-electron chi connectivity index (χ4n) is 1.91. The minimum absolute atomic E-state index is 0.220. The molecule has 1 aromatic heterocycles. The molecule has 0 saturated carbocycles. The van der Waals surface area contributed by atoms with Crippen molar-refractivity contribution < 1.29 is 0 Å². The molecule has 1 aliphatic carbocycles. The van der Waals surface area contributed by atoms with Crippen molar-refractivity contribution in [3.63, 3.8) is 0 Å². The molecule has 2 rings (SSSR count). The lowest BCUT2D eigenvalue weighted by atomic mass is 10.0. The molecule has 0 bridgehead atoms. The van der Waals surface area contributed by atoms with Crippen LogP contribution in [-0.4, -0.2) is 20.4 Å². The molecular formula is C11H16N4O2. The zero-order chi connectivity index (χ0) is 12.4. The molecule has 1 heterocycles. The second kappa shape index (κ2) is 4.57. The summed E-state index contributed by atoms with van der Waals surface area (Å²) in [7, 11) is 2.99. The summed E-state index contributed by atoms with van der Waals surface area (Å²) >= 11 is 0. The van der Waals surface area contributed by atoms with Gasteiger partial charge in [-0.2, -0.15) is 0 Å². The van der Waals surface area contributed by atoms with Gasteiger partial charge in [0.1, 0.15) is 0 Å². The smallest absolute Gasteiger partial charge is 0.346 e. The Kier molecular flexibility index (Phi) is 3.12. The summed E-state index contributed by atoms with van der Waals surface area (Å²) in [5.74, 6) is 0.245. The van der Waals surface area contributed by atoms with Crippen LogP contribution in [0.15, 0.2) is 21.7 Å². The Morgan fingerprint density at radius 1 is 1.35 bits per heavy atom. The lowest BCUT2D eigenvalue weighted by molar-refractivity contribution is 0.586. The summed E-state index contributed by atoms with van der Waals surface area (Å²) < 4.78 is 2.23. The van der Waals surface area contributed by atoms with Crippen LogP contribution >= 0.6 is 0 Å². The van der Waals surface area contributed by atoms with Gasteiger partial charge in [-0.1, -0.05) is 12.2 Å². The van der Waals surface area contributed by atoms with Gasteiger partial charge in [-0.05, 0) is 19.3 Å². The zero-order valence-electron chi connectivity index (χ0n) is 10.0. The summed E-state index contributed by atoms with van der Waals surface area (Å²) in [6.07, 6.45) is 7.08. The largest absolute Gasteiger partial charge is 0.361 e. The van der Waals surface area contributed by atoms with E-state index < -0.39 is 5.69 Å².